The van der Waals surface area contributed by atoms with E-state index in [1.807, 2.05) is 30.3 Å². The number of ether oxygens (including phenoxy) is 1. The minimum atomic E-state index is -0.326. The van der Waals surface area contributed by atoms with Crippen molar-refractivity contribution in [1.82, 2.24) is 19.9 Å². The Labute approximate surface area is 121 Å². The van der Waals surface area contributed by atoms with Crippen molar-refractivity contribution in [2.45, 2.75) is 6.04 Å². The maximum Gasteiger partial charge on any atom is 0.276 e. The smallest absolute Gasteiger partial charge is 0.276 e. The summed E-state index contributed by atoms with van der Waals surface area (Å²) >= 11 is 0. The summed E-state index contributed by atoms with van der Waals surface area (Å²) in [4.78, 5) is 15.5. The molecule has 110 valence electrons. The van der Waals surface area contributed by atoms with Crippen LogP contribution < -0.4 is 0 Å². The number of aliphatic hydroxyl groups is 1. The van der Waals surface area contributed by atoms with Crippen molar-refractivity contribution in [3.8, 4) is 5.69 Å². The number of rotatable bonds is 3. The van der Waals surface area contributed by atoms with Crippen molar-refractivity contribution in [1.29, 1.82) is 0 Å². The van der Waals surface area contributed by atoms with Gasteiger partial charge in [0.05, 0.1) is 37.7 Å². The summed E-state index contributed by atoms with van der Waals surface area (Å²) < 4.78 is 5.27. The summed E-state index contributed by atoms with van der Waals surface area (Å²) in [7, 11) is 0. The first kappa shape index (κ1) is 13.7. The zero-order chi connectivity index (χ0) is 14.7. The van der Waals surface area contributed by atoms with Gasteiger partial charge in [-0.1, -0.05) is 18.2 Å². The molecule has 1 fully saturated rings. The number of morpholine rings is 1. The second-order valence-electron chi connectivity index (χ2n) is 4.76. The van der Waals surface area contributed by atoms with Gasteiger partial charge >= 0.3 is 0 Å². The van der Waals surface area contributed by atoms with Crippen LogP contribution in [-0.4, -0.2) is 63.3 Å². The lowest BCUT2D eigenvalue weighted by Gasteiger charge is -2.33. The fourth-order valence-corrected chi connectivity index (χ4v) is 2.27. The van der Waals surface area contributed by atoms with Crippen LogP contribution in [0.3, 0.4) is 0 Å². The Morgan fingerprint density at radius 2 is 2.19 bits per heavy atom. The van der Waals surface area contributed by atoms with Gasteiger partial charge in [-0.3, -0.25) is 4.79 Å². The monoisotopic (exact) mass is 288 g/mol. The Morgan fingerprint density at radius 1 is 1.38 bits per heavy atom. The molecular weight excluding hydrogens is 272 g/mol. The van der Waals surface area contributed by atoms with E-state index in [1.165, 1.54) is 11.0 Å². The second-order valence-corrected chi connectivity index (χ2v) is 4.76. The molecule has 1 aliphatic rings. The molecule has 0 bridgehead atoms. The number of benzene rings is 1. The molecule has 1 unspecified atom stereocenters. The number of carbonyl (C=O) groups is 1. The van der Waals surface area contributed by atoms with Crippen LogP contribution in [0, 0.1) is 0 Å². The highest BCUT2D eigenvalue weighted by atomic mass is 16.5. The largest absolute Gasteiger partial charge is 0.394 e. The lowest BCUT2D eigenvalue weighted by Crippen LogP contribution is -2.50. The van der Waals surface area contributed by atoms with E-state index in [9.17, 15) is 9.90 Å². The van der Waals surface area contributed by atoms with E-state index in [0.717, 1.165) is 5.69 Å². The van der Waals surface area contributed by atoms with Crippen molar-refractivity contribution in [2.24, 2.45) is 0 Å². The maximum absolute atomic E-state index is 12.5. The highest BCUT2D eigenvalue weighted by molar-refractivity contribution is 5.92. The number of aliphatic hydroxyl groups excluding tert-OH is 1. The van der Waals surface area contributed by atoms with Crippen molar-refractivity contribution < 1.29 is 14.6 Å². The van der Waals surface area contributed by atoms with Crippen LogP contribution >= 0.6 is 0 Å². The van der Waals surface area contributed by atoms with Crippen LogP contribution in [0.5, 0.6) is 0 Å². The van der Waals surface area contributed by atoms with Gasteiger partial charge in [-0.15, -0.1) is 5.10 Å². The SMILES string of the molecule is O=C(c1cnn(-c2ccccc2)n1)N1CCOCC1CO. The van der Waals surface area contributed by atoms with Crippen LogP contribution in [0.4, 0.5) is 0 Å². The number of aromatic nitrogens is 3. The molecule has 1 saturated heterocycles. The standard InChI is InChI=1S/C14H16N4O3/c19-9-12-10-21-7-6-17(12)14(20)13-8-15-18(16-13)11-4-2-1-3-5-11/h1-5,8,12,19H,6-7,9-10H2. The van der Waals surface area contributed by atoms with Crippen LogP contribution in [0.2, 0.25) is 0 Å². The normalized spacial score (nSPS) is 18.7. The number of para-hydroxylation sites is 1. The summed E-state index contributed by atoms with van der Waals surface area (Å²) in [5.74, 6) is -0.237. The van der Waals surface area contributed by atoms with E-state index in [4.69, 9.17) is 4.74 Å². The Balaban J connectivity index is 1.81. The number of amides is 1. The molecule has 1 amide bonds. The van der Waals surface area contributed by atoms with E-state index in [2.05, 4.69) is 10.2 Å². The van der Waals surface area contributed by atoms with E-state index in [0.29, 0.717) is 19.8 Å². The molecule has 0 aliphatic carbocycles. The van der Waals surface area contributed by atoms with E-state index in [-0.39, 0.29) is 24.2 Å². The predicted octanol–water partition coefficient (Wildman–Crippen LogP) is 0.101. The van der Waals surface area contributed by atoms with Crippen molar-refractivity contribution >= 4 is 5.91 Å². The molecule has 2 heterocycles. The van der Waals surface area contributed by atoms with Crippen LogP contribution in [-0.2, 0) is 4.74 Å². The molecule has 21 heavy (non-hydrogen) atoms. The fourth-order valence-electron chi connectivity index (χ4n) is 2.27. The van der Waals surface area contributed by atoms with Crippen LogP contribution in [0.1, 0.15) is 10.5 Å². The summed E-state index contributed by atoms with van der Waals surface area (Å²) in [6.07, 6.45) is 1.44. The molecule has 3 rings (SSSR count). The van der Waals surface area contributed by atoms with Crippen molar-refractivity contribution in [3.63, 3.8) is 0 Å². The molecule has 2 aromatic rings. The van der Waals surface area contributed by atoms with Gasteiger partial charge in [0.1, 0.15) is 0 Å². The van der Waals surface area contributed by atoms with Crippen molar-refractivity contribution in [2.75, 3.05) is 26.4 Å². The highest BCUT2D eigenvalue weighted by Crippen LogP contribution is 2.11. The quantitative estimate of drug-likeness (QED) is 0.866. The summed E-state index contributed by atoms with van der Waals surface area (Å²) in [5, 5.41) is 17.7. The topological polar surface area (TPSA) is 80.5 Å². The van der Waals surface area contributed by atoms with E-state index < -0.39 is 0 Å². The third kappa shape index (κ3) is 2.79. The summed E-state index contributed by atoms with van der Waals surface area (Å²) in [5.41, 5.74) is 1.05. The van der Waals surface area contributed by atoms with Crippen LogP contribution in [0.15, 0.2) is 36.5 Å². The number of carbonyl (C=O) groups excluding carboxylic acids is 1. The van der Waals surface area contributed by atoms with Crippen LogP contribution in [0.25, 0.3) is 5.69 Å². The second kappa shape index (κ2) is 6.02. The molecular formula is C14H16N4O3. The molecule has 1 atom stereocenters. The summed E-state index contributed by atoms with van der Waals surface area (Å²) in [6, 6.07) is 9.05. The van der Waals surface area contributed by atoms with Gasteiger partial charge < -0.3 is 14.7 Å². The first-order valence-corrected chi connectivity index (χ1v) is 6.77. The molecule has 1 aromatic carbocycles. The maximum atomic E-state index is 12.5. The number of hydrogen-bond donors (Lipinski definition) is 1. The van der Waals surface area contributed by atoms with Crippen molar-refractivity contribution in [3.05, 3.63) is 42.2 Å². The average molecular weight is 288 g/mol. The molecule has 1 aliphatic heterocycles. The van der Waals surface area contributed by atoms with E-state index in [1.54, 1.807) is 4.90 Å². The predicted molar refractivity (Wildman–Crippen MR) is 74.1 cm³/mol. The first-order chi connectivity index (χ1) is 10.3. The Bertz CT molecular complexity index is 614. The molecule has 0 spiro atoms. The minimum absolute atomic E-state index is 0.126. The highest BCUT2D eigenvalue weighted by Gasteiger charge is 2.29. The Kier molecular flexibility index (Phi) is 3.94. The third-order valence-corrected chi connectivity index (χ3v) is 3.40. The zero-order valence-corrected chi connectivity index (χ0v) is 11.4. The lowest BCUT2D eigenvalue weighted by molar-refractivity contribution is -0.0186. The zero-order valence-electron chi connectivity index (χ0n) is 11.4. The third-order valence-electron chi connectivity index (χ3n) is 3.40. The number of nitrogens with zero attached hydrogens (tertiary/aromatic N) is 4. The van der Waals surface area contributed by atoms with Gasteiger partial charge in [0.2, 0.25) is 0 Å². The molecule has 1 aromatic heterocycles. The average Bonchev–Trinajstić information content (AvgIpc) is 3.05. The lowest BCUT2D eigenvalue weighted by atomic mass is 10.2. The first-order valence-electron chi connectivity index (χ1n) is 6.77. The van der Waals surface area contributed by atoms with Gasteiger partial charge in [0.25, 0.3) is 5.91 Å². The van der Waals surface area contributed by atoms with Gasteiger partial charge in [-0.05, 0) is 12.1 Å². The molecule has 7 heteroatoms. The Hall–Kier alpha value is -2.25. The van der Waals surface area contributed by atoms with Gasteiger partial charge in [-0.2, -0.15) is 9.90 Å². The fraction of sp³-hybridized carbons (Fsp3) is 0.357. The molecule has 0 saturated carbocycles. The molecule has 7 nitrogen and oxygen atoms in total. The Morgan fingerprint density at radius 3 is 2.95 bits per heavy atom. The summed E-state index contributed by atoms with van der Waals surface area (Å²) in [6.45, 7) is 1.13. The van der Waals surface area contributed by atoms with Gasteiger partial charge in [0.15, 0.2) is 5.69 Å². The minimum Gasteiger partial charge on any atom is -0.394 e. The molecule has 0 radical (unpaired) electrons. The molecule has 1 N–H and O–H groups in total. The van der Waals surface area contributed by atoms with Gasteiger partial charge in [-0.25, -0.2) is 0 Å². The number of hydrogen-bond acceptors (Lipinski definition) is 5. The van der Waals surface area contributed by atoms with E-state index >= 15 is 0 Å². The van der Waals surface area contributed by atoms with Gasteiger partial charge in [0, 0.05) is 6.54 Å².